The van der Waals surface area contributed by atoms with E-state index in [0.717, 1.165) is 25.5 Å². The SMILES string of the molecule is CSc1nc(Cl)cc(N2CCOC(C)C2)n1. The lowest BCUT2D eigenvalue weighted by atomic mass is 10.3. The molecule has 0 N–H and O–H groups in total. The highest BCUT2D eigenvalue weighted by atomic mass is 35.5. The Kier molecular flexibility index (Phi) is 3.89. The smallest absolute Gasteiger partial charge is 0.190 e. The normalized spacial score (nSPS) is 21.2. The van der Waals surface area contributed by atoms with Crippen molar-refractivity contribution in [2.45, 2.75) is 18.2 Å². The third kappa shape index (κ3) is 2.78. The van der Waals surface area contributed by atoms with Crippen molar-refractivity contribution in [3.63, 3.8) is 0 Å². The molecule has 0 saturated carbocycles. The summed E-state index contributed by atoms with van der Waals surface area (Å²) in [5.74, 6) is 0.888. The van der Waals surface area contributed by atoms with Crippen LogP contribution in [0.3, 0.4) is 0 Å². The summed E-state index contributed by atoms with van der Waals surface area (Å²) in [4.78, 5) is 10.8. The van der Waals surface area contributed by atoms with Crippen LogP contribution in [0, 0.1) is 0 Å². The lowest BCUT2D eigenvalue weighted by Crippen LogP contribution is -2.41. The molecule has 1 fully saturated rings. The molecule has 1 aromatic heterocycles. The number of ether oxygens (including phenoxy) is 1. The summed E-state index contributed by atoms with van der Waals surface area (Å²) in [5, 5.41) is 1.20. The fraction of sp³-hybridized carbons (Fsp3) is 0.600. The highest BCUT2D eigenvalue weighted by molar-refractivity contribution is 7.98. The molecule has 2 rings (SSSR count). The van der Waals surface area contributed by atoms with Crippen molar-refractivity contribution in [1.29, 1.82) is 0 Å². The number of halogens is 1. The molecular weight excluding hydrogens is 246 g/mol. The quantitative estimate of drug-likeness (QED) is 0.462. The molecule has 0 amide bonds. The minimum Gasteiger partial charge on any atom is -0.375 e. The van der Waals surface area contributed by atoms with Gasteiger partial charge in [-0.25, -0.2) is 9.97 Å². The Balaban J connectivity index is 2.21. The number of thioether (sulfide) groups is 1. The van der Waals surface area contributed by atoms with Gasteiger partial charge in [0.25, 0.3) is 0 Å². The van der Waals surface area contributed by atoms with Crippen molar-refractivity contribution in [3.8, 4) is 0 Å². The number of rotatable bonds is 2. The van der Waals surface area contributed by atoms with Crippen LogP contribution < -0.4 is 4.90 Å². The summed E-state index contributed by atoms with van der Waals surface area (Å²) in [6.45, 7) is 4.49. The molecule has 0 aromatic carbocycles. The van der Waals surface area contributed by atoms with Gasteiger partial charge in [0.2, 0.25) is 0 Å². The molecule has 1 atom stereocenters. The van der Waals surface area contributed by atoms with E-state index in [0.29, 0.717) is 10.3 Å². The van der Waals surface area contributed by atoms with E-state index in [4.69, 9.17) is 16.3 Å². The zero-order valence-corrected chi connectivity index (χ0v) is 10.9. The summed E-state index contributed by atoms with van der Waals surface area (Å²) in [5.41, 5.74) is 0. The van der Waals surface area contributed by atoms with Gasteiger partial charge in [-0.15, -0.1) is 0 Å². The zero-order chi connectivity index (χ0) is 11.5. The summed E-state index contributed by atoms with van der Waals surface area (Å²) in [7, 11) is 0. The fourth-order valence-corrected chi connectivity index (χ4v) is 2.27. The zero-order valence-electron chi connectivity index (χ0n) is 9.31. The first-order chi connectivity index (χ1) is 7.69. The van der Waals surface area contributed by atoms with Gasteiger partial charge in [-0.2, -0.15) is 0 Å². The molecule has 0 spiro atoms. The van der Waals surface area contributed by atoms with Gasteiger partial charge in [0.1, 0.15) is 11.0 Å². The number of morpholine rings is 1. The summed E-state index contributed by atoms with van der Waals surface area (Å²) in [6, 6.07) is 1.80. The van der Waals surface area contributed by atoms with E-state index in [1.54, 1.807) is 6.07 Å². The Morgan fingerprint density at radius 3 is 3.06 bits per heavy atom. The Labute approximate surface area is 104 Å². The van der Waals surface area contributed by atoms with Crippen LogP contribution in [0.25, 0.3) is 0 Å². The summed E-state index contributed by atoms with van der Waals surface area (Å²) >= 11 is 7.46. The van der Waals surface area contributed by atoms with Gasteiger partial charge in [0.15, 0.2) is 5.16 Å². The molecule has 1 aliphatic heterocycles. The molecule has 0 radical (unpaired) electrons. The van der Waals surface area contributed by atoms with Crippen LogP contribution in [0.2, 0.25) is 5.15 Å². The van der Waals surface area contributed by atoms with Crippen LogP contribution in [0.1, 0.15) is 6.92 Å². The van der Waals surface area contributed by atoms with E-state index in [-0.39, 0.29) is 6.10 Å². The average molecular weight is 260 g/mol. The van der Waals surface area contributed by atoms with E-state index in [9.17, 15) is 0 Å². The van der Waals surface area contributed by atoms with Crippen LogP contribution in [0.15, 0.2) is 11.2 Å². The first-order valence-electron chi connectivity index (χ1n) is 5.14. The number of hydrogen-bond acceptors (Lipinski definition) is 5. The Morgan fingerprint density at radius 1 is 1.56 bits per heavy atom. The molecule has 1 aromatic rings. The van der Waals surface area contributed by atoms with Crippen molar-refractivity contribution in [2.75, 3.05) is 30.9 Å². The van der Waals surface area contributed by atoms with Crippen LogP contribution in [0.4, 0.5) is 5.82 Å². The van der Waals surface area contributed by atoms with Gasteiger partial charge in [0, 0.05) is 19.2 Å². The average Bonchev–Trinajstić information content (AvgIpc) is 2.28. The molecule has 0 bridgehead atoms. The Hall–Kier alpha value is -0.520. The molecule has 1 saturated heterocycles. The first-order valence-corrected chi connectivity index (χ1v) is 6.74. The maximum atomic E-state index is 5.96. The van der Waals surface area contributed by atoms with Crippen LogP contribution >= 0.6 is 23.4 Å². The Bertz CT molecular complexity index is 377. The van der Waals surface area contributed by atoms with Gasteiger partial charge in [-0.05, 0) is 13.2 Å². The van der Waals surface area contributed by atoms with Gasteiger partial charge in [-0.1, -0.05) is 23.4 Å². The van der Waals surface area contributed by atoms with Crippen molar-refractivity contribution in [3.05, 3.63) is 11.2 Å². The van der Waals surface area contributed by atoms with Gasteiger partial charge in [0.05, 0.1) is 12.7 Å². The molecule has 0 aliphatic carbocycles. The molecule has 4 nitrogen and oxygen atoms in total. The van der Waals surface area contributed by atoms with Crippen molar-refractivity contribution < 1.29 is 4.74 Å². The minimum atomic E-state index is 0.236. The predicted molar refractivity (Wildman–Crippen MR) is 66.5 cm³/mol. The lowest BCUT2D eigenvalue weighted by molar-refractivity contribution is 0.0529. The van der Waals surface area contributed by atoms with Crippen molar-refractivity contribution in [2.24, 2.45) is 0 Å². The van der Waals surface area contributed by atoms with Gasteiger partial charge in [-0.3, -0.25) is 0 Å². The van der Waals surface area contributed by atoms with Gasteiger partial charge < -0.3 is 9.64 Å². The molecular formula is C10H14ClN3OS. The van der Waals surface area contributed by atoms with E-state index < -0.39 is 0 Å². The standard InChI is InChI=1S/C10H14ClN3OS/c1-7-6-14(3-4-15-7)9-5-8(11)12-10(13-9)16-2/h5,7H,3-4,6H2,1-2H3. The second-order valence-electron chi connectivity index (χ2n) is 3.66. The Morgan fingerprint density at radius 2 is 2.38 bits per heavy atom. The number of nitrogens with zero attached hydrogens (tertiary/aromatic N) is 3. The van der Waals surface area contributed by atoms with E-state index in [1.807, 2.05) is 6.26 Å². The molecule has 1 aliphatic rings. The van der Waals surface area contributed by atoms with Crippen LogP contribution in [-0.4, -0.2) is 42.0 Å². The van der Waals surface area contributed by atoms with E-state index in [2.05, 4.69) is 21.8 Å². The number of aromatic nitrogens is 2. The highest BCUT2D eigenvalue weighted by Crippen LogP contribution is 2.21. The molecule has 88 valence electrons. The highest BCUT2D eigenvalue weighted by Gasteiger charge is 2.18. The maximum absolute atomic E-state index is 5.96. The second kappa shape index (κ2) is 5.21. The largest absolute Gasteiger partial charge is 0.375 e. The minimum absolute atomic E-state index is 0.236. The summed E-state index contributed by atoms with van der Waals surface area (Å²) < 4.78 is 5.49. The predicted octanol–water partition coefficient (Wildman–Crippen LogP) is 2.08. The van der Waals surface area contributed by atoms with Crippen LogP contribution in [0.5, 0.6) is 0 Å². The molecule has 1 unspecified atom stereocenters. The van der Waals surface area contributed by atoms with E-state index >= 15 is 0 Å². The topological polar surface area (TPSA) is 38.2 Å². The monoisotopic (exact) mass is 259 g/mol. The lowest BCUT2D eigenvalue weighted by Gasteiger charge is -2.32. The summed E-state index contributed by atoms with van der Waals surface area (Å²) in [6.07, 6.45) is 2.18. The second-order valence-corrected chi connectivity index (χ2v) is 4.82. The molecule has 16 heavy (non-hydrogen) atoms. The molecule has 6 heteroatoms. The molecule has 2 heterocycles. The fourth-order valence-electron chi connectivity index (χ4n) is 1.67. The third-order valence-corrected chi connectivity index (χ3v) is 3.15. The van der Waals surface area contributed by atoms with Gasteiger partial charge >= 0.3 is 0 Å². The number of hydrogen-bond donors (Lipinski definition) is 0. The first kappa shape index (κ1) is 12.0. The number of anilines is 1. The van der Waals surface area contributed by atoms with E-state index in [1.165, 1.54) is 11.8 Å². The maximum Gasteiger partial charge on any atom is 0.190 e. The van der Waals surface area contributed by atoms with Crippen molar-refractivity contribution in [1.82, 2.24) is 9.97 Å². The third-order valence-electron chi connectivity index (χ3n) is 2.41. The van der Waals surface area contributed by atoms with Crippen molar-refractivity contribution >= 4 is 29.2 Å². The van der Waals surface area contributed by atoms with Crippen LogP contribution in [-0.2, 0) is 4.74 Å².